The summed E-state index contributed by atoms with van der Waals surface area (Å²) in [6, 6.07) is 8.00. The van der Waals surface area contributed by atoms with E-state index in [1.54, 1.807) is 16.8 Å². The van der Waals surface area contributed by atoms with Crippen LogP contribution in [0.5, 0.6) is 0 Å². The van der Waals surface area contributed by atoms with Gasteiger partial charge in [-0.1, -0.05) is 18.0 Å². The Morgan fingerprint density at radius 2 is 2.00 bits per heavy atom. The average Bonchev–Trinajstić information content (AvgIpc) is 3.20. The molecule has 0 radical (unpaired) electrons. The predicted octanol–water partition coefficient (Wildman–Crippen LogP) is 2.59. The Balaban J connectivity index is 1.49. The SMILES string of the molecule is Cc1nc(C(=O)NC2CCN3CCCCC23)nn1-c1ccc(Cl)cc1. The summed E-state index contributed by atoms with van der Waals surface area (Å²) in [5, 5.41) is 8.21. The van der Waals surface area contributed by atoms with Gasteiger partial charge in [0.05, 0.1) is 5.69 Å². The third kappa shape index (κ3) is 3.28. The number of hydrogen-bond donors (Lipinski definition) is 1. The molecule has 0 bridgehead atoms. The first-order valence-corrected chi connectivity index (χ1v) is 9.24. The van der Waals surface area contributed by atoms with Crippen LogP contribution in [0.2, 0.25) is 5.02 Å². The van der Waals surface area contributed by atoms with Crippen molar-refractivity contribution in [2.75, 3.05) is 13.1 Å². The van der Waals surface area contributed by atoms with Crippen LogP contribution in [0.15, 0.2) is 24.3 Å². The Morgan fingerprint density at radius 3 is 2.80 bits per heavy atom. The van der Waals surface area contributed by atoms with E-state index >= 15 is 0 Å². The summed E-state index contributed by atoms with van der Waals surface area (Å²) in [5.41, 5.74) is 0.841. The molecule has 25 heavy (non-hydrogen) atoms. The minimum absolute atomic E-state index is 0.187. The van der Waals surface area contributed by atoms with Crippen LogP contribution in [0.1, 0.15) is 42.1 Å². The van der Waals surface area contributed by atoms with E-state index in [4.69, 9.17) is 11.6 Å². The second-order valence-electron chi connectivity index (χ2n) is 6.84. The number of amides is 1. The summed E-state index contributed by atoms with van der Waals surface area (Å²) in [4.78, 5) is 19.5. The van der Waals surface area contributed by atoms with E-state index in [0.717, 1.165) is 31.6 Å². The topological polar surface area (TPSA) is 63.1 Å². The first kappa shape index (κ1) is 16.5. The largest absolute Gasteiger partial charge is 0.345 e. The third-order valence-electron chi connectivity index (χ3n) is 5.22. The molecule has 1 aromatic heterocycles. The second-order valence-corrected chi connectivity index (χ2v) is 7.28. The summed E-state index contributed by atoms with van der Waals surface area (Å²) < 4.78 is 1.67. The van der Waals surface area contributed by atoms with Crippen molar-refractivity contribution in [3.8, 4) is 5.69 Å². The van der Waals surface area contributed by atoms with Gasteiger partial charge in [0.1, 0.15) is 5.82 Å². The molecule has 3 heterocycles. The summed E-state index contributed by atoms with van der Waals surface area (Å²) >= 11 is 5.93. The molecule has 2 saturated heterocycles. The Labute approximate surface area is 152 Å². The Bertz CT molecular complexity index is 772. The Kier molecular flexibility index (Phi) is 4.48. The lowest BCUT2D eigenvalue weighted by Gasteiger charge is -2.32. The summed E-state index contributed by atoms with van der Waals surface area (Å²) in [6.45, 7) is 4.07. The number of benzene rings is 1. The molecule has 0 saturated carbocycles. The van der Waals surface area contributed by atoms with Gasteiger partial charge in [-0.05, 0) is 57.0 Å². The maximum atomic E-state index is 12.6. The monoisotopic (exact) mass is 359 g/mol. The van der Waals surface area contributed by atoms with Gasteiger partial charge in [0.25, 0.3) is 5.91 Å². The van der Waals surface area contributed by atoms with Crippen molar-refractivity contribution >= 4 is 17.5 Å². The maximum absolute atomic E-state index is 12.6. The maximum Gasteiger partial charge on any atom is 0.291 e. The van der Waals surface area contributed by atoms with Gasteiger partial charge in [-0.3, -0.25) is 9.69 Å². The number of hydrogen-bond acceptors (Lipinski definition) is 4. The van der Waals surface area contributed by atoms with E-state index in [9.17, 15) is 4.79 Å². The molecule has 6 nitrogen and oxygen atoms in total. The first-order chi connectivity index (χ1) is 12.1. The summed E-state index contributed by atoms with van der Waals surface area (Å²) in [7, 11) is 0. The minimum atomic E-state index is -0.187. The van der Waals surface area contributed by atoms with Gasteiger partial charge >= 0.3 is 0 Å². The molecule has 2 aromatic rings. The van der Waals surface area contributed by atoms with E-state index in [1.807, 2.05) is 19.1 Å². The fourth-order valence-corrected chi connectivity index (χ4v) is 4.09. The minimum Gasteiger partial charge on any atom is -0.345 e. The lowest BCUT2D eigenvalue weighted by Crippen LogP contribution is -2.47. The lowest BCUT2D eigenvalue weighted by molar-refractivity contribution is 0.0905. The fourth-order valence-electron chi connectivity index (χ4n) is 3.96. The molecule has 2 aliphatic rings. The van der Waals surface area contributed by atoms with Crippen LogP contribution in [0.3, 0.4) is 0 Å². The van der Waals surface area contributed by atoms with Crippen molar-refractivity contribution in [2.45, 2.75) is 44.7 Å². The molecule has 0 aliphatic carbocycles. The quantitative estimate of drug-likeness (QED) is 0.914. The molecule has 132 valence electrons. The molecule has 2 atom stereocenters. The van der Waals surface area contributed by atoms with Crippen LogP contribution in [0.25, 0.3) is 5.69 Å². The highest BCUT2D eigenvalue weighted by Gasteiger charge is 2.36. The zero-order chi connectivity index (χ0) is 17.4. The van der Waals surface area contributed by atoms with Crippen LogP contribution in [0.4, 0.5) is 0 Å². The summed E-state index contributed by atoms with van der Waals surface area (Å²) in [6.07, 6.45) is 4.68. The molecule has 2 fully saturated rings. The molecule has 1 N–H and O–H groups in total. The number of rotatable bonds is 3. The first-order valence-electron chi connectivity index (χ1n) is 8.86. The standard InChI is InChI=1S/C18H22ClN5O/c1-12-20-17(22-24(12)14-7-5-13(19)6-8-14)18(25)21-15-9-11-23-10-3-2-4-16(15)23/h5-8,15-16H,2-4,9-11H2,1H3,(H,21,25). The van der Waals surface area contributed by atoms with E-state index in [-0.39, 0.29) is 17.8 Å². The highest BCUT2D eigenvalue weighted by atomic mass is 35.5. The highest BCUT2D eigenvalue weighted by molar-refractivity contribution is 6.30. The molecule has 2 aliphatic heterocycles. The molecule has 1 aromatic carbocycles. The number of halogens is 1. The molecule has 7 heteroatoms. The normalized spacial score (nSPS) is 23.4. The third-order valence-corrected chi connectivity index (χ3v) is 5.47. The summed E-state index contributed by atoms with van der Waals surface area (Å²) in [5.74, 6) is 0.716. The number of fused-ring (bicyclic) bond motifs is 1. The van der Waals surface area contributed by atoms with Gasteiger partial charge in [-0.2, -0.15) is 0 Å². The fraction of sp³-hybridized carbons (Fsp3) is 0.500. The highest BCUT2D eigenvalue weighted by Crippen LogP contribution is 2.27. The number of piperidine rings is 1. The average molecular weight is 360 g/mol. The molecule has 0 spiro atoms. The Morgan fingerprint density at radius 1 is 1.20 bits per heavy atom. The van der Waals surface area contributed by atoms with Crippen LogP contribution in [0, 0.1) is 6.92 Å². The van der Waals surface area contributed by atoms with E-state index in [0.29, 0.717) is 16.9 Å². The van der Waals surface area contributed by atoms with Gasteiger partial charge < -0.3 is 5.32 Å². The van der Waals surface area contributed by atoms with Crippen LogP contribution in [-0.2, 0) is 0 Å². The lowest BCUT2D eigenvalue weighted by atomic mass is 9.99. The van der Waals surface area contributed by atoms with E-state index in [2.05, 4.69) is 20.3 Å². The van der Waals surface area contributed by atoms with Crippen molar-refractivity contribution in [1.29, 1.82) is 0 Å². The molecular weight excluding hydrogens is 338 g/mol. The van der Waals surface area contributed by atoms with Crippen molar-refractivity contribution in [1.82, 2.24) is 25.0 Å². The van der Waals surface area contributed by atoms with Crippen LogP contribution >= 0.6 is 11.6 Å². The number of nitrogens with zero attached hydrogens (tertiary/aromatic N) is 4. The molecule has 4 rings (SSSR count). The number of carbonyl (C=O) groups excluding carboxylic acids is 1. The van der Waals surface area contributed by atoms with Gasteiger partial charge in [0.2, 0.25) is 5.82 Å². The van der Waals surface area contributed by atoms with Crippen LogP contribution in [-0.4, -0.2) is 50.7 Å². The number of nitrogens with one attached hydrogen (secondary N) is 1. The van der Waals surface area contributed by atoms with Crippen molar-refractivity contribution in [3.05, 3.63) is 40.9 Å². The molecular formula is C18H22ClN5O. The van der Waals surface area contributed by atoms with E-state index < -0.39 is 0 Å². The predicted molar refractivity (Wildman–Crippen MR) is 96.2 cm³/mol. The van der Waals surface area contributed by atoms with Gasteiger partial charge in [0.15, 0.2) is 0 Å². The van der Waals surface area contributed by atoms with Crippen molar-refractivity contribution in [2.24, 2.45) is 0 Å². The Hall–Kier alpha value is -1.92. The molecule has 2 unspecified atom stereocenters. The van der Waals surface area contributed by atoms with Gasteiger partial charge in [-0.25, -0.2) is 9.67 Å². The van der Waals surface area contributed by atoms with Crippen LogP contribution < -0.4 is 5.32 Å². The number of aromatic nitrogens is 3. The van der Waals surface area contributed by atoms with Crippen molar-refractivity contribution in [3.63, 3.8) is 0 Å². The molecule has 1 amide bonds. The van der Waals surface area contributed by atoms with Gasteiger partial charge in [0, 0.05) is 23.7 Å². The van der Waals surface area contributed by atoms with E-state index in [1.165, 1.54) is 12.8 Å². The number of aryl methyl sites for hydroxylation is 1. The zero-order valence-corrected chi connectivity index (χ0v) is 15.0. The zero-order valence-electron chi connectivity index (χ0n) is 14.3. The number of carbonyl (C=O) groups is 1. The van der Waals surface area contributed by atoms with Gasteiger partial charge in [-0.15, -0.1) is 5.10 Å². The second kappa shape index (κ2) is 6.77. The van der Waals surface area contributed by atoms with Crippen molar-refractivity contribution < 1.29 is 4.79 Å². The smallest absolute Gasteiger partial charge is 0.291 e.